The number of aromatic hydroxyl groups is 1. The lowest BCUT2D eigenvalue weighted by molar-refractivity contribution is 0.300. The van der Waals surface area contributed by atoms with Crippen LogP contribution in [0.2, 0.25) is 5.02 Å². The predicted octanol–water partition coefficient (Wildman–Crippen LogP) is 2.98. The van der Waals surface area contributed by atoms with Crippen LogP contribution in [0.25, 0.3) is 5.65 Å². The number of aryl methyl sites for hydroxylation is 1. The first-order valence-corrected chi connectivity index (χ1v) is 6.44. The molecule has 0 saturated carbocycles. The van der Waals surface area contributed by atoms with Crippen molar-refractivity contribution in [3.05, 3.63) is 52.8 Å². The van der Waals surface area contributed by atoms with E-state index in [1.165, 1.54) is 10.6 Å². The van der Waals surface area contributed by atoms with Crippen LogP contribution in [0, 0.1) is 6.92 Å². The van der Waals surface area contributed by atoms with Crippen LogP contribution in [-0.4, -0.2) is 19.7 Å². The maximum Gasteiger partial charge on any atom is 0.215 e. The second kappa shape index (κ2) is 5.02. The van der Waals surface area contributed by atoms with Gasteiger partial charge in [-0.15, -0.1) is 0 Å². The molecule has 1 N–H and O–H groups in total. The van der Waals surface area contributed by atoms with Gasteiger partial charge in [0, 0.05) is 12.1 Å². The van der Waals surface area contributed by atoms with Gasteiger partial charge in [-0.1, -0.05) is 23.7 Å². The van der Waals surface area contributed by atoms with Gasteiger partial charge in [-0.05, 0) is 19.1 Å². The first-order chi connectivity index (χ1) is 9.63. The molecule has 0 saturated heterocycles. The highest BCUT2D eigenvalue weighted by molar-refractivity contribution is 6.32. The lowest BCUT2D eigenvalue weighted by Gasteiger charge is -2.08. The largest absolute Gasteiger partial charge is 0.493 e. The van der Waals surface area contributed by atoms with E-state index < -0.39 is 0 Å². The van der Waals surface area contributed by atoms with Gasteiger partial charge in [-0.3, -0.25) is 0 Å². The number of hydrogen-bond acceptors (Lipinski definition) is 4. The molecule has 0 aliphatic rings. The van der Waals surface area contributed by atoms with Crippen LogP contribution >= 0.6 is 11.6 Å². The van der Waals surface area contributed by atoms with Crippen LogP contribution in [0.5, 0.6) is 11.6 Å². The third kappa shape index (κ3) is 2.40. The monoisotopic (exact) mass is 289 g/mol. The fraction of sp³-hybridized carbons (Fsp3) is 0.143. The molecule has 3 rings (SSSR count). The highest BCUT2D eigenvalue weighted by Crippen LogP contribution is 2.24. The van der Waals surface area contributed by atoms with Crippen LogP contribution < -0.4 is 4.74 Å². The zero-order valence-electron chi connectivity index (χ0n) is 10.7. The summed E-state index contributed by atoms with van der Waals surface area (Å²) in [5.74, 6) is 0.612. The summed E-state index contributed by atoms with van der Waals surface area (Å²) in [6.45, 7) is 2.06. The quantitative estimate of drug-likeness (QED) is 0.805. The first-order valence-electron chi connectivity index (χ1n) is 6.06. The van der Waals surface area contributed by atoms with E-state index in [2.05, 4.69) is 10.1 Å². The van der Waals surface area contributed by atoms with Gasteiger partial charge in [0.1, 0.15) is 12.4 Å². The minimum atomic E-state index is 0.0286. The number of ether oxygens (including phenoxy) is 1. The number of hydrogen-bond donors (Lipinski definition) is 1. The Morgan fingerprint density at radius 1 is 1.30 bits per heavy atom. The predicted molar refractivity (Wildman–Crippen MR) is 75.2 cm³/mol. The average Bonchev–Trinajstić information content (AvgIpc) is 2.79. The maximum atomic E-state index is 9.90. The summed E-state index contributed by atoms with van der Waals surface area (Å²) >= 11 is 6.01. The van der Waals surface area contributed by atoms with Gasteiger partial charge >= 0.3 is 0 Å². The van der Waals surface area contributed by atoms with Crippen LogP contribution in [0.15, 0.2) is 36.4 Å². The first kappa shape index (κ1) is 12.7. The van der Waals surface area contributed by atoms with Crippen molar-refractivity contribution in [3.8, 4) is 11.6 Å². The highest BCUT2D eigenvalue weighted by Gasteiger charge is 2.08. The number of halogens is 1. The van der Waals surface area contributed by atoms with E-state index in [1.54, 1.807) is 18.2 Å². The summed E-state index contributed by atoms with van der Waals surface area (Å²) in [7, 11) is 0. The Balaban J connectivity index is 1.86. The van der Waals surface area contributed by atoms with Crippen molar-refractivity contribution in [1.82, 2.24) is 14.6 Å². The van der Waals surface area contributed by atoms with Gasteiger partial charge < -0.3 is 9.84 Å². The maximum absolute atomic E-state index is 9.90. The molecular weight excluding hydrogens is 278 g/mol. The van der Waals surface area contributed by atoms with E-state index in [0.717, 1.165) is 5.69 Å². The second-order valence-electron chi connectivity index (χ2n) is 4.38. The van der Waals surface area contributed by atoms with Gasteiger partial charge in [0.05, 0.1) is 16.4 Å². The van der Waals surface area contributed by atoms with Gasteiger partial charge in [0.2, 0.25) is 5.88 Å². The molecule has 0 aliphatic heterocycles. The summed E-state index contributed by atoms with van der Waals surface area (Å²) in [4.78, 5) is 4.37. The molecule has 102 valence electrons. The molecule has 3 aromatic rings. The van der Waals surface area contributed by atoms with E-state index in [9.17, 15) is 5.11 Å². The summed E-state index contributed by atoms with van der Waals surface area (Å²) in [6, 6.07) is 10.5. The van der Waals surface area contributed by atoms with Crippen molar-refractivity contribution in [1.29, 1.82) is 0 Å². The molecule has 0 amide bonds. The zero-order valence-corrected chi connectivity index (χ0v) is 11.5. The molecule has 2 heterocycles. The number of rotatable bonds is 3. The Hall–Kier alpha value is -2.27. The summed E-state index contributed by atoms with van der Waals surface area (Å²) in [6.07, 6.45) is 0. The van der Waals surface area contributed by atoms with E-state index in [1.807, 2.05) is 19.1 Å². The van der Waals surface area contributed by atoms with Gasteiger partial charge in [0.15, 0.2) is 5.65 Å². The van der Waals surface area contributed by atoms with Crippen molar-refractivity contribution >= 4 is 17.2 Å². The minimum absolute atomic E-state index is 0.0286. The van der Waals surface area contributed by atoms with Gasteiger partial charge in [0.25, 0.3) is 0 Å². The number of para-hydroxylation sites is 1. The fourth-order valence-corrected chi connectivity index (χ4v) is 2.10. The van der Waals surface area contributed by atoms with Gasteiger partial charge in [-0.2, -0.15) is 9.61 Å². The average molecular weight is 290 g/mol. The lowest BCUT2D eigenvalue weighted by atomic mass is 10.3. The molecule has 0 spiro atoms. The Labute approximate surface area is 120 Å². The molecule has 0 atom stereocenters. The third-order valence-corrected chi connectivity index (χ3v) is 3.11. The minimum Gasteiger partial charge on any atom is -0.493 e. The number of nitrogens with zero attached hydrogens (tertiary/aromatic N) is 3. The molecular formula is C14H12ClN3O2. The SMILES string of the molecule is Cc1cc2nc(COc3ccccc3Cl)cc(O)n2n1. The Morgan fingerprint density at radius 3 is 2.90 bits per heavy atom. The van der Waals surface area contributed by atoms with Crippen molar-refractivity contribution < 1.29 is 9.84 Å². The fourth-order valence-electron chi connectivity index (χ4n) is 1.91. The topological polar surface area (TPSA) is 59.7 Å². The van der Waals surface area contributed by atoms with Crippen molar-refractivity contribution in [2.75, 3.05) is 0 Å². The number of fused-ring (bicyclic) bond motifs is 1. The van der Waals surface area contributed by atoms with Crippen molar-refractivity contribution in [3.63, 3.8) is 0 Å². The van der Waals surface area contributed by atoms with E-state index in [4.69, 9.17) is 16.3 Å². The number of aromatic nitrogens is 3. The van der Waals surface area contributed by atoms with Crippen LogP contribution in [0.4, 0.5) is 0 Å². The Bertz CT molecular complexity index is 770. The molecule has 1 aromatic carbocycles. The lowest BCUT2D eigenvalue weighted by Crippen LogP contribution is -2.01. The van der Waals surface area contributed by atoms with Crippen LogP contribution in [0.1, 0.15) is 11.4 Å². The number of benzene rings is 1. The molecule has 0 unspecified atom stereocenters. The molecule has 2 aromatic heterocycles. The standard InChI is InChI=1S/C14H12ClN3O2/c1-9-6-13-16-10(7-14(19)18(13)17-9)8-20-12-5-3-2-4-11(12)15/h2-7,19H,8H2,1H3. The molecule has 20 heavy (non-hydrogen) atoms. The normalized spacial score (nSPS) is 10.9. The zero-order chi connectivity index (χ0) is 14.1. The summed E-state index contributed by atoms with van der Waals surface area (Å²) in [5.41, 5.74) is 1.98. The second-order valence-corrected chi connectivity index (χ2v) is 4.79. The Morgan fingerprint density at radius 2 is 2.10 bits per heavy atom. The summed E-state index contributed by atoms with van der Waals surface area (Å²) < 4.78 is 6.98. The molecule has 0 bridgehead atoms. The van der Waals surface area contributed by atoms with Crippen molar-refractivity contribution in [2.24, 2.45) is 0 Å². The van der Waals surface area contributed by atoms with Gasteiger partial charge in [-0.25, -0.2) is 4.98 Å². The van der Waals surface area contributed by atoms with Crippen LogP contribution in [0.3, 0.4) is 0 Å². The van der Waals surface area contributed by atoms with E-state index >= 15 is 0 Å². The van der Waals surface area contributed by atoms with Crippen molar-refractivity contribution in [2.45, 2.75) is 13.5 Å². The molecule has 5 nitrogen and oxygen atoms in total. The Kier molecular flexibility index (Phi) is 3.20. The summed E-state index contributed by atoms with van der Waals surface area (Å²) in [5, 5.41) is 14.6. The smallest absolute Gasteiger partial charge is 0.215 e. The third-order valence-electron chi connectivity index (χ3n) is 2.80. The molecule has 0 radical (unpaired) electrons. The molecule has 0 fully saturated rings. The van der Waals surface area contributed by atoms with E-state index in [0.29, 0.717) is 22.1 Å². The highest BCUT2D eigenvalue weighted by atomic mass is 35.5. The molecule has 0 aliphatic carbocycles. The van der Waals surface area contributed by atoms with Crippen LogP contribution in [-0.2, 0) is 6.61 Å². The molecule has 6 heteroatoms. The van der Waals surface area contributed by atoms with E-state index in [-0.39, 0.29) is 12.5 Å².